The smallest absolute Gasteiger partial charge is 0.327 e. The van der Waals surface area contributed by atoms with Crippen LogP contribution in [-0.2, 0) is 19.1 Å². The molecule has 1 aliphatic carbocycles. The first kappa shape index (κ1) is 18.3. The van der Waals surface area contributed by atoms with E-state index in [0.717, 1.165) is 28.0 Å². The molecule has 0 bridgehead atoms. The van der Waals surface area contributed by atoms with E-state index in [9.17, 15) is 9.59 Å². The average molecular weight is 378 g/mol. The molecule has 0 amide bonds. The van der Waals surface area contributed by atoms with E-state index in [1.54, 1.807) is 0 Å². The summed E-state index contributed by atoms with van der Waals surface area (Å²) in [5.74, 6) is -0.518. The van der Waals surface area contributed by atoms with E-state index in [-0.39, 0.29) is 12.3 Å². The maximum atomic E-state index is 13.1. The molecular formula is C23H22O5. The van der Waals surface area contributed by atoms with Crippen LogP contribution in [0.2, 0.25) is 0 Å². The van der Waals surface area contributed by atoms with Crippen molar-refractivity contribution in [2.45, 2.75) is 19.3 Å². The lowest BCUT2D eigenvalue weighted by Gasteiger charge is -2.28. The number of fused-ring (bicyclic) bond motifs is 3. The minimum Gasteiger partial charge on any atom is -0.489 e. The average Bonchev–Trinajstić information content (AvgIpc) is 3.09. The predicted octanol–water partition coefficient (Wildman–Crippen LogP) is 3.66. The van der Waals surface area contributed by atoms with Gasteiger partial charge < -0.3 is 14.2 Å². The summed E-state index contributed by atoms with van der Waals surface area (Å²) in [7, 11) is 2.61. The molecule has 1 aliphatic heterocycles. The van der Waals surface area contributed by atoms with Crippen LogP contribution in [0, 0.1) is 12.3 Å². The summed E-state index contributed by atoms with van der Waals surface area (Å²) in [5, 5.41) is 0. The number of benzene rings is 2. The second kappa shape index (κ2) is 6.82. The third-order valence-electron chi connectivity index (χ3n) is 5.82. The van der Waals surface area contributed by atoms with Crippen molar-refractivity contribution >= 4 is 17.5 Å². The highest BCUT2D eigenvalue weighted by Crippen LogP contribution is 2.59. The maximum Gasteiger partial charge on any atom is 0.327 e. The van der Waals surface area contributed by atoms with Gasteiger partial charge >= 0.3 is 11.9 Å². The largest absolute Gasteiger partial charge is 0.489 e. The zero-order valence-electron chi connectivity index (χ0n) is 16.2. The number of aryl methyl sites for hydroxylation is 1. The molecule has 0 saturated heterocycles. The Balaban J connectivity index is 2.02. The monoisotopic (exact) mass is 378 g/mol. The summed E-state index contributed by atoms with van der Waals surface area (Å²) in [5.41, 5.74) is 2.95. The topological polar surface area (TPSA) is 61.8 Å². The molecule has 2 aliphatic rings. The number of carbonyl (C=O) groups excluding carboxylic acids is 2. The first-order valence-electron chi connectivity index (χ1n) is 9.22. The second-order valence-electron chi connectivity index (χ2n) is 7.19. The summed E-state index contributed by atoms with van der Waals surface area (Å²) in [6.45, 7) is 2.34. The van der Waals surface area contributed by atoms with Crippen molar-refractivity contribution < 1.29 is 23.8 Å². The minimum absolute atomic E-state index is 0.113. The third kappa shape index (κ3) is 2.46. The summed E-state index contributed by atoms with van der Waals surface area (Å²) < 4.78 is 16.3. The van der Waals surface area contributed by atoms with Crippen LogP contribution in [0.3, 0.4) is 0 Å². The lowest BCUT2D eigenvalue weighted by molar-refractivity contribution is -0.164. The standard InChI is InChI=1S/C23H22O5/c1-14-8-7-11-18-19(14)16-12-23(21(24)26-2,22(25)27-3)20(17(16)13-28-18)15-9-5-4-6-10-15/h4-11,16H,12-13H2,1-3H3. The van der Waals surface area contributed by atoms with Gasteiger partial charge in [0.2, 0.25) is 0 Å². The highest BCUT2D eigenvalue weighted by Gasteiger charge is 2.60. The van der Waals surface area contributed by atoms with Crippen LogP contribution in [0.15, 0.2) is 54.1 Å². The molecular weight excluding hydrogens is 356 g/mol. The van der Waals surface area contributed by atoms with E-state index in [2.05, 4.69) is 0 Å². The first-order valence-corrected chi connectivity index (χ1v) is 9.22. The van der Waals surface area contributed by atoms with Crippen LogP contribution in [-0.4, -0.2) is 32.8 Å². The molecule has 0 aromatic heterocycles. The number of esters is 2. The molecule has 1 heterocycles. The zero-order chi connectivity index (χ0) is 19.9. The quantitative estimate of drug-likeness (QED) is 0.603. The Morgan fingerprint density at radius 2 is 1.68 bits per heavy atom. The fourth-order valence-electron chi connectivity index (χ4n) is 4.65. The number of rotatable bonds is 3. The Morgan fingerprint density at radius 3 is 2.32 bits per heavy atom. The summed E-state index contributed by atoms with van der Waals surface area (Å²) in [6, 6.07) is 15.4. The van der Waals surface area contributed by atoms with Crippen molar-refractivity contribution in [3.05, 3.63) is 70.8 Å². The second-order valence-corrected chi connectivity index (χ2v) is 7.19. The molecule has 0 fully saturated rings. The van der Waals surface area contributed by atoms with E-state index in [4.69, 9.17) is 14.2 Å². The number of carbonyl (C=O) groups is 2. The molecule has 0 N–H and O–H groups in total. The molecule has 4 rings (SSSR count). The molecule has 5 nitrogen and oxygen atoms in total. The van der Waals surface area contributed by atoms with Crippen LogP contribution >= 0.6 is 0 Å². The van der Waals surface area contributed by atoms with E-state index >= 15 is 0 Å². The van der Waals surface area contributed by atoms with E-state index in [1.165, 1.54) is 14.2 Å². The van der Waals surface area contributed by atoms with Gasteiger partial charge in [0, 0.05) is 11.5 Å². The Hall–Kier alpha value is -3.08. The summed E-state index contributed by atoms with van der Waals surface area (Å²) in [6.07, 6.45) is 0.271. The van der Waals surface area contributed by atoms with Crippen LogP contribution < -0.4 is 4.74 Å². The molecule has 1 atom stereocenters. The Morgan fingerprint density at radius 1 is 1.00 bits per heavy atom. The van der Waals surface area contributed by atoms with Crippen molar-refractivity contribution in [1.29, 1.82) is 0 Å². The van der Waals surface area contributed by atoms with E-state index in [1.807, 2.05) is 55.5 Å². The van der Waals surface area contributed by atoms with E-state index < -0.39 is 17.4 Å². The van der Waals surface area contributed by atoms with Gasteiger partial charge in [0.15, 0.2) is 5.41 Å². The van der Waals surface area contributed by atoms with Gasteiger partial charge in [-0.25, -0.2) is 0 Å². The fourth-order valence-corrected chi connectivity index (χ4v) is 4.65. The Labute approximate surface area is 163 Å². The Bertz CT molecular complexity index is 958. The van der Waals surface area contributed by atoms with Crippen LogP contribution in [0.5, 0.6) is 5.75 Å². The molecule has 0 spiro atoms. The molecule has 2 aromatic rings. The molecule has 2 aromatic carbocycles. The first-order chi connectivity index (χ1) is 13.5. The normalized spacial score (nSPS) is 19.3. The number of hydrogen-bond acceptors (Lipinski definition) is 5. The van der Waals surface area contributed by atoms with Gasteiger partial charge in [0.1, 0.15) is 12.4 Å². The molecule has 0 radical (unpaired) electrons. The van der Waals surface area contributed by atoms with Gasteiger partial charge in [0.25, 0.3) is 0 Å². The minimum atomic E-state index is -1.52. The zero-order valence-corrected chi connectivity index (χ0v) is 16.2. The van der Waals surface area contributed by atoms with Crippen LogP contribution in [0.25, 0.3) is 5.57 Å². The fraction of sp³-hybridized carbons (Fsp3) is 0.304. The number of methoxy groups -OCH3 is 2. The molecule has 1 unspecified atom stereocenters. The summed E-state index contributed by atoms with van der Waals surface area (Å²) in [4.78, 5) is 26.1. The van der Waals surface area contributed by atoms with Gasteiger partial charge in [-0.1, -0.05) is 42.5 Å². The van der Waals surface area contributed by atoms with E-state index in [0.29, 0.717) is 12.2 Å². The van der Waals surface area contributed by atoms with Crippen molar-refractivity contribution in [1.82, 2.24) is 0 Å². The molecule has 0 saturated carbocycles. The highest BCUT2D eigenvalue weighted by atomic mass is 16.5. The van der Waals surface area contributed by atoms with Crippen LogP contribution in [0.4, 0.5) is 0 Å². The molecule has 28 heavy (non-hydrogen) atoms. The van der Waals surface area contributed by atoms with Crippen LogP contribution in [0.1, 0.15) is 29.0 Å². The third-order valence-corrected chi connectivity index (χ3v) is 5.82. The van der Waals surface area contributed by atoms with Gasteiger partial charge in [-0.2, -0.15) is 0 Å². The SMILES string of the molecule is COC(=O)C1(C(=O)OC)CC2C(=C1c1ccccc1)COc1cccc(C)c12. The lowest BCUT2D eigenvalue weighted by atomic mass is 9.76. The van der Waals surface area contributed by atoms with Gasteiger partial charge in [-0.05, 0) is 41.7 Å². The number of ether oxygens (including phenoxy) is 3. The van der Waals surface area contributed by atoms with Crippen molar-refractivity contribution in [2.75, 3.05) is 20.8 Å². The lowest BCUT2D eigenvalue weighted by Crippen LogP contribution is -2.41. The van der Waals surface area contributed by atoms with Crippen molar-refractivity contribution in [3.63, 3.8) is 0 Å². The van der Waals surface area contributed by atoms with Gasteiger partial charge in [-0.3, -0.25) is 9.59 Å². The predicted molar refractivity (Wildman–Crippen MR) is 104 cm³/mol. The Kier molecular flexibility index (Phi) is 4.46. The highest BCUT2D eigenvalue weighted by molar-refractivity contribution is 6.14. The molecule has 5 heteroatoms. The maximum absolute atomic E-state index is 13.1. The summed E-state index contributed by atoms with van der Waals surface area (Å²) >= 11 is 0. The van der Waals surface area contributed by atoms with Gasteiger partial charge in [0.05, 0.1) is 14.2 Å². The van der Waals surface area contributed by atoms with Gasteiger partial charge in [-0.15, -0.1) is 0 Å². The molecule has 144 valence electrons. The van der Waals surface area contributed by atoms with Crippen molar-refractivity contribution in [3.8, 4) is 5.75 Å². The number of hydrogen-bond donors (Lipinski definition) is 0. The van der Waals surface area contributed by atoms with Crippen molar-refractivity contribution in [2.24, 2.45) is 5.41 Å².